The highest BCUT2D eigenvalue weighted by Crippen LogP contribution is 2.10. The number of thiazole rings is 1. The molecule has 0 saturated heterocycles. The number of aromatic nitrogens is 1. The number of likely N-dealkylation sites (N-methyl/N-ethyl adjacent to an activating group) is 1. The van der Waals surface area contributed by atoms with Crippen molar-refractivity contribution in [2.75, 3.05) is 12.4 Å². The van der Waals surface area contributed by atoms with Gasteiger partial charge in [-0.3, -0.25) is 4.79 Å². The highest BCUT2D eigenvalue weighted by molar-refractivity contribution is 7.13. The van der Waals surface area contributed by atoms with Crippen molar-refractivity contribution in [1.82, 2.24) is 10.3 Å². The molecule has 1 amide bonds. The lowest BCUT2D eigenvalue weighted by Gasteiger charge is -2.07. The van der Waals surface area contributed by atoms with Gasteiger partial charge in [0.25, 0.3) is 0 Å². The first-order chi connectivity index (χ1) is 5.74. The first-order valence-electron chi connectivity index (χ1n) is 3.61. The molecule has 5 heteroatoms. The van der Waals surface area contributed by atoms with Crippen LogP contribution in [0.25, 0.3) is 0 Å². The average molecular weight is 185 g/mol. The second kappa shape index (κ2) is 4.18. The van der Waals surface area contributed by atoms with Gasteiger partial charge in [-0.15, -0.1) is 11.3 Å². The number of amides is 1. The summed E-state index contributed by atoms with van der Waals surface area (Å²) in [6, 6.07) is -0.186. The van der Waals surface area contributed by atoms with Crippen LogP contribution in [-0.2, 0) is 4.79 Å². The van der Waals surface area contributed by atoms with Crippen molar-refractivity contribution < 1.29 is 4.79 Å². The molecule has 0 spiro atoms. The van der Waals surface area contributed by atoms with E-state index in [1.54, 1.807) is 20.2 Å². The van der Waals surface area contributed by atoms with Gasteiger partial charge in [0.05, 0.1) is 6.04 Å². The fraction of sp³-hybridized carbons (Fsp3) is 0.429. The first kappa shape index (κ1) is 9.15. The van der Waals surface area contributed by atoms with E-state index in [-0.39, 0.29) is 11.9 Å². The highest BCUT2D eigenvalue weighted by Gasteiger charge is 2.10. The summed E-state index contributed by atoms with van der Waals surface area (Å²) >= 11 is 1.41. The molecule has 0 aliphatic carbocycles. The summed E-state index contributed by atoms with van der Waals surface area (Å²) in [6.07, 6.45) is 1.66. The topological polar surface area (TPSA) is 54.0 Å². The molecule has 0 aliphatic rings. The van der Waals surface area contributed by atoms with E-state index in [1.807, 2.05) is 5.38 Å². The molecule has 1 unspecified atom stereocenters. The van der Waals surface area contributed by atoms with Crippen LogP contribution >= 0.6 is 11.3 Å². The largest absolute Gasteiger partial charge is 0.309 e. The lowest BCUT2D eigenvalue weighted by Crippen LogP contribution is -2.35. The molecule has 2 N–H and O–H groups in total. The minimum absolute atomic E-state index is 0.0625. The Kier molecular flexibility index (Phi) is 3.19. The number of hydrogen-bond acceptors (Lipinski definition) is 4. The summed E-state index contributed by atoms with van der Waals surface area (Å²) in [5, 5.41) is 7.98. The number of nitrogens with zero attached hydrogens (tertiary/aromatic N) is 1. The Hall–Kier alpha value is -0.940. The lowest BCUT2D eigenvalue weighted by atomic mass is 10.3. The SMILES string of the molecule is CNC(C)C(=O)Nc1nccs1. The van der Waals surface area contributed by atoms with Gasteiger partial charge in [-0.05, 0) is 14.0 Å². The van der Waals surface area contributed by atoms with Crippen molar-refractivity contribution in [2.24, 2.45) is 0 Å². The van der Waals surface area contributed by atoms with Crippen LogP contribution in [0.2, 0.25) is 0 Å². The van der Waals surface area contributed by atoms with Crippen molar-refractivity contribution >= 4 is 22.4 Å². The zero-order valence-electron chi connectivity index (χ0n) is 7.00. The summed E-state index contributed by atoms with van der Waals surface area (Å²) < 4.78 is 0. The molecule has 1 atom stereocenters. The Morgan fingerprint density at radius 2 is 2.50 bits per heavy atom. The Morgan fingerprint density at radius 1 is 1.75 bits per heavy atom. The fourth-order valence-corrected chi connectivity index (χ4v) is 1.16. The predicted octanol–water partition coefficient (Wildman–Crippen LogP) is 0.689. The highest BCUT2D eigenvalue weighted by atomic mass is 32.1. The number of rotatable bonds is 3. The number of hydrogen-bond donors (Lipinski definition) is 2. The van der Waals surface area contributed by atoms with E-state index in [0.29, 0.717) is 5.13 Å². The summed E-state index contributed by atoms with van der Waals surface area (Å²) in [4.78, 5) is 15.2. The van der Waals surface area contributed by atoms with Gasteiger partial charge in [0, 0.05) is 11.6 Å². The molecule has 4 nitrogen and oxygen atoms in total. The van der Waals surface area contributed by atoms with Gasteiger partial charge in [0.1, 0.15) is 0 Å². The van der Waals surface area contributed by atoms with E-state index in [2.05, 4.69) is 15.6 Å². The standard InChI is InChI=1S/C7H11N3OS/c1-5(8-2)6(11)10-7-9-3-4-12-7/h3-5,8H,1-2H3,(H,9,10,11). The van der Waals surface area contributed by atoms with Gasteiger partial charge >= 0.3 is 0 Å². The van der Waals surface area contributed by atoms with Crippen LogP contribution in [0.4, 0.5) is 5.13 Å². The van der Waals surface area contributed by atoms with Crippen LogP contribution in [0.5, 0.6) is 0 Å². The average Bonchev–Trinajstić information content (AvgIpc) is 2.55. The first-order valence-corrected chi connectivity index (χ1v) is 4.49. The Labute approximate surface area is 75.0 Å². The van der Waals surface area contributed by atoms with E-state index in [1.165, 1.54) is 11.3 Å². The molecule has 0 saturated carbocycles. The molecule has 1 aromatic heterocycles. The Morgan fingerprint density at radius 3 is 3.00 bits per heavy atom. The summed E-state index contributed by atoms with van der Waals surface area (Å²) in [6.45, 7) is 1.79. The minimum atomic E-state index is -0.186. The lowest BCUT2D eigenvalue weighted by molar-refractivity contribution is -0.117. The van der Waals surface area contributed by atoms with Gasteiger partial charge in [-0.2, -0.15) is 0 Å². The van der Waals surface area contributed by atoms with Gasteiger partial charge in [0.15, 0.2) is 5.13 Å². The van der Waals surface area contributed by atoms with Crippen LogP contribution in [-0.4, -0.2) is 24.0 Å². The van der Waals surface area contributed by atoms with Crippen LogP contribution in [0.1, 0.15) is 6.92 Å². The smallest absolute Gasteiger partial charge is 0.242 e. The van der Waals surface area contributed by atoms with E-state index in [9.17, 15) is 4.79 Å². The van der Waals surface area contributed by atoms with Gasteiger partial charge in [-0.1, -0.05) is 0 Å². The van der Waals surface area contributed by atoms with Gasteiger partial charge in [0.2, 0.25) is 5.91 Å². The number of anilines is 1. The van der Waals surface area contributed by atoms with Crippen molar-refractivity contribution in [3.05, 3.63) is 11.6 Å². The summed E-state index contributed by atoms with van der Waals surface area (Å²) in [7, 11) is 1.74. The van der Waals surface area contributed by atoms with E-state index >= 15 is 0 Å². The molecule has 0 bridgehead atoms. The zero-order valence-corrected chi connectivity index (χ0v) is 7.81. The maximum Gasteiger partial charge on any atom is 0.242 e. The molecule has 0 aliphatic heterocycles. The third-order valence-electron chi connectivity index (χ3n) is 1.49. The molecule has 0 fully saturated rings. The summed E-state index contributed by atoms with van der Waals surface area (Å²) in [5.41, 5.74) is 0. The fourth-order valence-electron chi connectivity index (χ4n) is 0.630. The quantitative estimate of drug-likeness (QED) is 0.728. The molecule has 1 heterocycles. The number of carbonyl (C=O) groups excluding carboxylic acids is 1. The monoisotopic (exact) mass is 185 g/mol. The minimum Gasteiger partial charge on any atom is -0.309 e. The predicted molar refractivity (Wildman–Crippen MR) is 49.3 cm³/mol. The molecule has 1 aromatic rings. The van der Waals surface area contributed by atoms with Crippen LogP contribution in [0, 0.1) is 0 Å². The molecular weight excluding hydrogens is 174 g/mol. The van der Waals surface area contributed by atoms with E-state index < -0.39 is 0 Å². The van der Waals surface area contributed by atoms with Crippen molar-refractivity contribution in [2.45, 2.75) is 13.0 Å². The molecular formula is C7H11N3OS. The number of carbonyl (C=O) groups is 1. The summed E-state index contributed by atoms with van der Waals surface area (Å²) in [5.74, 6) is -0.0625. The van der Waals surface area contributed by atoms with Crippen molar-refractivity contribution in [3.63, 3.8) is 0 Å². The van der Waals surface area contributed by atoms with Gasteiger partial charge < -0.3 is 10.6 Å². The molecule has 66 valence electrons. The zero-order chi connectivity index (χ0) is 8.97. The second-order valence-electron chi connectivity index (χ2n) is 2.34. The van der Waals surface area contributed by atoms with Crippen LogP contribution in [0.3, 0.4) is 0 Å². The maximum atomic E-state index is 11.2. The van der Waals surface area contributed by atoms with Gasteiger partial charge in [-0.25, -0.2) is 4.98 Å². The maximum absolute atomic E-state index is 11.2. The van der Waals surface area contributed by atoms with Crippen molar-refractivity contribution in [3.8, 4) is 0 Å². The molecule has 0 radical (unpaired) electrons. The molecule has 0 aromatic carbocycles. The van der Waals surface area contributed by atoms with Crippen LogP contribution in [0.15, 0.2) is 11.6 Å². The molecule has 1 rings (SSSR count). The third kappa shape index (κ3) is 2.28. The van der Waals surface area contributed by atoms with E-state index in [0.717, 1.165) is 0 Å². The van der Waals surface area contributed by atoms with E-state index in [4.69, 9.17) is 0 Å². The third-order valence-corrected chi connectivity index (χ3v) is 2.18. The Bertz CT molecular complexity index is 247. The van der Waals surface area contributed by atoms with Crippen molar-refractivity contribution in [1.29, 1.82) is 0 Å². The number of nitrogens with one attached hydrogen (secondary N) is 2. The second-order valence-corrected chi connectivity index (χ2v) is 3.23. The Balaban J connectivity index is 2.47. The molecule has 12 heavy (non-hydrogen) atoms. The van der Waals surface area contributed by atoms with Crippen LogP contribution < -0.4 is 10.6 Å². The normalized spacial score (nSPS) is 12.5.